The highest BCUT2D eigenvalue weighted by atomic mass is 16.3. The minimum Gasteiger partial charge on any atom is -0.393 e. The lowest BCUT2D eigenvalue weighted by molar-refractivity contribution is -0.0336. The lowest BCUT2D eigenvalue weighted by atomic mass is 9.98. The highest BCUT2D eigenvalue weighted by Gasteiger charge is 2.20. The van der Waals surface area contributed by atoms with Gasteiger partial charge in [-0.2, -0.15) is 0 Å². The van der Waals surface area contributed by atoms with Gasteiger partial charge >= 0.3 is 0 Å². The molecule has 15 heavy (non-hydrogen) atoms. The van der Waals surface area contributed by atoms with Crippen LogP contribution in [0.15, 0.2) is 0 Å². The summed E-state index contributed by atoms with van der Waals surface area (Å²) in [6, 6.07) is 0. The minimum atomic E-state index is -0.367. The van der Waals surface area contributed by atoms with Gasteiger partial charge in [-0.05, 0) is 39.2 Å². The highest BCUT2D eigenvalue weighted by Crippen LogP contribution is 2.18. The fraction of sp³-hybridized carbons (Fsp3) is 1.00. The van der Waals surface area contributed by atoms with E-state index in [0.717, 1.165) is 32.2 Å². The van der Waals surface area contributed by atoms with E-state index in [2.05, 4.69) is 13.8 Å². The number of aliphatic hydroxyl groups is 2. The summed E-state index contributed by atoms with van der Waals surface area (Å²) in [5, 5.41) is 19.2. The zero-order chi connectivity index (χ0) is 11.8. The largest absolute Gasteiger partial charge is 0.393 e. The average Bonchev–Trinajstić information content (AvgIpc) is 2.21. The SMILES string of the molecule is CCCC(CC)C(O)N(C)CCC(C)O. The molecule has 0 radical (unpaired) electrons. The van der Waals surface area contributed by atoms with E-state index in [1.165, 1.54) is 0 Å². The number of aliphatic hydroxyl groups excluding tert-OH is 2. The molecule has 3 heteroatoms. The van der Waals surface area contributed by atoms with Crippen molar-refractivity contribution in [2.45, 2.75) is 58.8 Å². The maximum atomic E-state index is 10.1. The second kappa shape index (κ2) is 8.08. The Morgan fingerprint density at radius 2 is 1.73 bits per heavy atom. The molecule has 0 rings (SSSR count). The van der Waals surface area contributed by atoms with Gasteiger partial charge in [0.2, 0.25) is 0 Å². The first kappa shape index (κ1) is 14.9. The van der Waals surface area contributed by atoms with Gasteiger partial charge in [-0.1, -0.05) is 20.3 Å². The summed E-state index contributed by atoms with van der Waals surface area (Å²) in [6.07, 6.45) is 3.25. The molecule has 0 heterocycles. The van der Waals surface area contributed by atoms with Crippen LogP contribution in [0.4, 0.5) is 0 Å². The van der Waals surface area contributed by atoms with Crippen molar-refractivity contribution < 1.29 is 10.2 Å². The Hall–Kier alpha value is -0.120. The fourth-order valence-electron chi connectivity index (χ4n) is 1.82. The van der Waals surface area contributed by atoms with E-state index < -0.39 is 0 Å². The van der Waals surface area contributed by atoms with Crippen LogP contribution in [0.5, 0.6) is 0 Å². The van der Waals surface area contributed by atoms with E-state index in [-0.39, 0.29) is 12.3 Å². The van der Waals surface area contributed by atoms with E-state index >= 15 is 0 Å². The lowest BCUT2D eigenvalue weighted by Gasteiger charge is -2.30. The summed E-state index contributed by atoms with van der Waals surface area (Å²) in [5.74, 6) is 0.356. The predicted octanol–water partition coefficient (Wildman–Crippen LogP) is 1.83. The first-order chi connectivity index (χ1) is 7.02. The molecule has 0 aliphatic heterocycles. The lowest BCUT2D eigenvalue weighted by Crippen LogP contribution is -2.39. The van der Waals surface area contributed by atoms with E-state index in [4.69, 9.17) is 0 Å². The molecule has 0 aromatic heterocycles. The van der Waals surface area contributed by atoms with E-state index in [9.17, 15) is 10.2 Å². The molecule has 0 spiro atoms. The van der Waals surface area contributed by atoms with Gasteiger partial charge in [0.05, 0.1) is 6.10 Å². The maximum Gasteiger partial charge on any atom is 0.109 e. The fourth-order valence-corrected chi connectivity index (χ4v) is 1.82. The number of nitrogens with zero attached hydrogens (tertiary/aromatic N) is 1. The van der Waals surface area contributed by atoms with Gasteiger partial charge in [-0.3, -0.25) is 4.90 Å². The van der Waals surface area contributed by atoms with Crippen molar-refractivity contribution in [3.63, 3.8) is 0 Å². The van der Waals surface area contributed by atoms with Gasteiger partial charge in [-0.25, -0.2) is 0 Å². The van der Waals surface area contributed by atoms with Crippen LogP contribution in [0.2, 0.25) is 0 Å². The third kappa shape index (κ3) is 6.13. The molecule has 2 N–H and O–H groups in total. The highest BCUT2D eigenvalue weighted by molar-refractivity contribution is 4.68. The van der Waals surface area contributed by atoms with Crippen LogP contribution in [0.1, 0.15) is 46.5 Å². The Labute approximate surface area is 94.1 Å². The van der Waals surface area contributed by atoms with Crippen LogP contribution < -0.4 is 0 Å². The summed E-state index contributed by atoms with van der Waals surface area (Å²) < 4.78 is 0. The summed E-state index contributed by atoms with van der Waals surface area (Å²) in [7, 11) is 1.92. The topological polar surface area (TPSA) is 43.7 Å². The third-order valence-corrected chi connectivity index (χ3v) is 2.96. The molecule has 0 saturated heterocycles. The van der Waals surface area contributed by atoms with Crippen LogP contribution in [-0.2, 0) is 0 Å². The molecule has 0 fully saturated rings. The normalized spacial score (nSPS) is 17.8. The predicted molar refractivity (Wildman–Crippen MR) is 63.6 cm³/mol. The Balaban J connectivity index is 3.97. The van der Waals surface area contributed by atoms with Crippen molar-refractivity contribution in [1.82, 2.24) is 4.90 Å². The van der Waals surface area contributed by atoms with Crippen LogP contribution in [0.25, 0.3) is 0 Å². The van der Waals surface area contributed by atoms with Crippen molar-refractivity contribution in [3.05, 3.63) is 0 Å². The van der Waals surface area contributed by atoms with Crippen molar-refractivity contribution >= 4 is 0 Å². The van der Waals surface area contributed by atoms with Crippen molar-refractivity contribution in [1.29, 1.82) is 0 Å². The summed E-state index contributed by atoms with van der Waals surface area (Å²) in [6.45, 7) is 6.79. The smallest absolute Gasteiger partial charge is 0.109 e. The van der Waals surface area contributed by atoms with Crippen molar-refractivity contribution in [3.8, 4) is 0 Å². The molecule has 0 aliphatic rings. The zero-order valence-electron chi connectivity index (χ0n) is 10.6. The monoisotopic (exact) mass is 217 g/mol. The molecule has 0 aromatic rings. The van der Waals surface area contributed by atoms with Gasteiger partial charge in [0.25, 0.3) is 0 Å². The maximum absolute atomic E-state index is 10.1. The molecule has 0 saturated carbocycles. The van der Waals surface area contributed by atoms with Gasteiger partial charge < -0.3 is 10.2 Å². The number of hydrogen-bond acceptors (Lipinski definition) is 3. The molecule has 3 atom stereocenters. The molecule has 3 nitrogen and oxygen atoms in total. The van der Waals surface area contributed by atoms with Crippen LogP contribution >= 0.6 is 0 Å². The third-order valence-electron chi connectivity index (χ3n) is 2.96. The van der Waals surface area contributed by atoms with Crippen LogP contribution in [0, 0.1) is 5.92 Å². The Morgan fingerprint density at radius 1 is 1.13 bits per heavy atom. The number of hydrogen-bond donors (Lipinski definition) is 2. The van der Waals surface area contributed by atoms with Gasteiger partial charge in [0.15, 0.2) is 0 Å². The first-order valence-electron chi connectivity index (χ1n) is 6.09. The molecular weight excluding hydrogens is 190 g/mol. The molecular formula is C12H27NO2. The number of rotatable bonds is 8. The molecule has 0 amide bonds. The van der Waals surface area contributed by atoms with Gasteiger partial charge in [-0.15, -0.1) is 0 Å². The minimum absolute atomic E-state index is 0.286. The van der Waals surface area contributed by atoms with Gasteiger partial charge in [0.1, 0.15) is 6.23 Å². The molecule has 0 aromatic carbocycles. The molecule has 0 bridgehead atoms. The zero-order valence-corrected chi connectivity index (χ0v) is 10.6. The van der Waals surface area contributed by atoms with E-state index in [0.29, 0.717) is 5.92 Å². The average molecular weight is 217 g/mol. The molecule has 92 valence electrons. The molecule has 0 aliphatic carbocycles. The summed E-state index contributed by atoms with van der Waals surface area (Å²) in [5.41, 5.74) is 0. The summed E-state index contributed by atoms with van der Waals surface area (Å²) >= 11 is 0. The second-order valence-corrected chi connectivity index (χ2v) is 4.49. The second-order valence-electron chi connectivity index (χ2n) is 4.49. The Bertz CT molecular complexity index is 151. The Morgan fingerprint density at radius 3 is 2.13 bits per heavy atom. The summed E-state index contributed by atoms with van der Waals surface area (Å²) in [4.78, 5) is 1.94. The standard InChI is InChI=1S/C12H27NO2/c1-5-7-11(6-2)12(15)13(4)9-8-10(3)14/h10-12,14-15H,5-9H2,1-4H3. The van der Waals surface area contributed by atoms with Crippen molar-refractivity contribution in [2.75, 3.05) is 13.6 Å². The van der Waals surface area contributed by atoms with E-state index in [1.807, 2.05) is 11.9 Å². The van der Waals surface area contributed by atoms with E-state index in [1.54, 1.807) is 6.92 Å². The van der Waals surface area contributed by atoms with Crippen LogP contribution in [0.3, 0.4) is 0 Å². The first-order valence-corrected chi connectivity index (χ1v) is 6.09. The van der Waals surface area contributed by atoms with Crippen molar-refractivity contribution in [2.24, 2.45) is 5.92 Å². The molecule has 3 unspecified atom stereocenters. The van der Waals surface area contributed by atoms with Gasteiger partial charge in [0, 0.05) is 6.54 Å². The Kier molecular flexibility index (Phi) is 8.02. The quantitative estimate of drug-likeness (QED) is 0.610. The van der Waals surface area contributed by atoms with Crippen LogP contribution in [-0.4, -0.2) is 41.0 Å².